The Bertz CT molecular complexity index is 1130. The van der Waals surface area contributed by atoms with Crippen LogP contribution in [-0.4, -0.2) is 15.9 Å². The fourth-order valence-corrected chi connectivity index (χ4v) is 2.57. The van der Waals surface area contributed by atoms with Crippen LogP contribution in [0, 0.1) is 5.82 Å². The number of benzene rings is 3. The van der Waals surface area contributed by atoms with Gasteiger partial charge in [-0.3, -0.25) is 4.79 Å². The van der Waals surface area contributed by atoms with Gasteiger partial charge in [-0.2, -0.15) is 0 Å². The number of carbonyl (C=O) groups excluding carboxylic acids is 1. The molecule has 0 saturated heterocycles. The number of aromatic nitrogens is 2. The maximum atomic E-state index is 13.0. The molecule has 4 rings (SSSR count). The molecule has 0 radical (unpaired) electrons. The predicted molar refractivity (Wildman–Crippen MR) is 109 cm³/mol. The molecule has 1 aromatic heterocycles. The van der Waals surface area contributed by atoms with E-state index in [-0.39, 0.29) is 17.7 Å². The summed E-state index contributed by atoms with van der Waals surface area (Å²) in [6, 6.07) is 21.6. The average Bonchev–Trinajstić information content (AvgIpc) is 2.78. The summed E-state index contributed by atoms with van der Waals surface area (Å²) in [5, 5.41) is 2.72. The zero-order valence-corrected chi connectivity index (χ0v) is 15.7. The minimum Gasteiger partial charge on any atom is -0.457 e. The van der Waals surface area contributed by atoms with Gasteiger partial charge in [0.15, 0.2) is 0 Å². The van der Waals surface area contributed by atoms with Gasteiger partial charge in [-0.1, -0.05) is 24.3 Å². The first kappa shape index (κ1) is 19.1. The summed E-state index contributed by atoms with van der Waals surface area (Å²) in [5.41, 5.74) is 0.810. The standard InChI is InChI=1S/C23H16FN3O3/c24-17-9-11-20(12-10-17)29-21-8-4-5-16(13-21)22(28)27-18-14-25-23(26-15-18)30-19-6-2-1-3-7-19/h1-15H,(H,27,28). The highest BCUT2D eigenvalue weighted by atomic mass is 19.1. The van der Waals surface area contributed by atoms with E-state index in [1.807, 2.05) is 18.2 Å². The van der Waals surface area contributed by atoms with Gasteiger partial charge in [-0.15, -0.1) is 0 Å². The van der Waals surface area contributed by atoms with Crippen LogP contribution in [0.15, 0.2) is 91.3 Å². The van der Waals surface area contributed by atoms with E-state index in [0.29, 0.717) is 28.5 Å². The minimum atomic E-state index is -0.349. The number of hydrogen-bond donors (Lipinski definition) is 1. The van der Waals surface area contributed by atoms with Crippen molar-refractivity contribution in [2.24, 2.45) is 0 Å². The zero-order chi connectivity index (χ0) is 20.8. The minimum absolute atomic E-state index is 0.175. The van der Waals surface area contributed by atoms with Gasteiger partial charge < -0.3 is 14.8 Å². The van der Waals surface area contributed by atoms with Gasteiger partial charge >= 0.3 is 6.01 Å². The Morgan fingerprint density at radius 2 is 1.43 bits per heavy atom. The first-order valence-electron chi connectivity index (χ1n) is 9.05. The number of anilines is 1. The van der Waals surface area contributed by atoms with Crippen LogP contribution in [0.3, 0.4) is 0 Å². The van der Waals surface area contributed by atoms with Crippen molar-refractivity contribution in [1.29, 1.82) is 0 Å². The van der Waals surface area contributed by atoms with Crippen LogP contribution in [0.1, 0.15) is 10.4 Å². The van der Waals surface area contributed by atoms with Crippen LogP contribution >= 0.6 is 0 Å². The largest absolute Gasteiger partial charge is 0.457 e. The second-order valence-corrected chi connectivity index (χ2v) is 6.21. The Hall–Kier alpha value is -4.26. The highest BCUT2D eigenvalue weighted by Crippen LogP contribution is 2.23. The summed E-state index contributed by atoms with van der Waals surface area (Å²) in [6.45, 7) is 0. The quantitative estimate of drug-likeness (QED) is 0.465. The van der Waals surface area contributed by atoms with E-state index < -0.39 is 0 Å². The second-order valence-electron chi connectivity index (χ2n) is 6.21. The van der Waals surface area contributed by atoms with Crippen molar-refractivity contribution >= 4 is 11.6 Å². The van der Waals surface area contributed by atoms with Crippen molar-refractivity contribution in [1.82, 2.24) is 9.97 Å². The highest BCUT2D eigenvalue weighted by Gasteiger charge is 2.09. The fourth-order valence-electron chi connectivity index (χ4n) is 2.57. The maximum Gasteiger partial charge on any atom is 0.322 e. The summed E-state index contributed by atoms with van der Waals surface area (Å²) in [6.07, 6.45) is 2.92. The van der Waals surface area contributed by atoms with E-state index in [9.17, 15) is 9.18 Å². The molecule has 0 spiro atoms. The number of nitrogens with one attached hydrogen (secondary N) is 1. The third-order valence-electron chi connectivity index (χ3n) is 3.98. The van der Waals surface area contributed by atoms with Gasteiger partial charge in [0.05, 0.1) is 18.1 Å². The molecular weight excluding hydrogens is 385 g/mol. The van der Waals surface area contributed by atoms with Crippen molar-refractivity contribution in [3.8, 4) is 23.3 Å². The molecule has 0 aliphatic rings. The first-order chi connectivity index (χ1) is 14.7. The SMILES string of the molecule is O=C(Nc1cnc(Oc2ccccc2)nc1)c1cccc(Oc2ccc(F)cc2)c1. The summed E-state index contributed by atoms with van der Waals surface area (Å²) in [4.78, 5) is 20.7. The Morgan fingerprint density at radius 1 is 0.767 bits per heavy atom. The Morgan fingerprint density at radius 3 is 2.17 bits per heavy atom. The van der Waals surface area contributed by atoms with E-state index in [0.717, 1.165) is 0 Å². The molecule has 0 atom stereocenters. The predicted octanol–water partition coefficient (Wildman–Crippen LogP) is 5.45. The van der Waals surface area contributed by atoms with Crippen LogP contribution in [0.4, 0.5) is 10.1 Å². The molecule has 7 heteroatoms. The number of halogens is 1. The molecule has 0 saturated carbocycles. The van der Waals surface area contributed by atoms with Gasteiger partial charge in [-0.05, 0) is 54.6 Å². The van der Waals surface area contributed by atoms with Gasteiger partial charge in [0.2, 0.25) is 0 Å². The molecule has 0 aliphatic carbocycles. The molecule has 148 valence electrons. The molecule has 0 aliphatic heterocycles. The number of hydrogen-bond acceptors (Lipinski definition) is 5. The lowest BCUT2D eigenvalue weighted by Gasteiger charge is -2.09. The molecule has 0 fully saturated rings. The number of nitrogens with zero attached hydrogens (tertiary/aromatic N) is 2. The Labute approximate surface area is 172 Å². The van der Waals surface area contributed by atoms with E-state index in [4.69, 9.17) is 9.47 Å². The molecule has 0 bridgehead atoms. The smallest absolute Gasteiger partial charge is 0.322 e. The summed E-state index contributed by atoms with van der Waals surface area (Å²) < 4.78 is 24.2. The summed E-state index contributed by atoms with van der Waals surface area (Å²) in [7, 11) is 0. The molecule has 30 heavy (non-hydrogen) atoms. The van der Waals surface area contributed by atoms with Crippen LogP contribution < -0.4 is 14.8 Å². The third-order valence-corrected chi connectivity index (χ3v) is 3.98. The Balaban J connectivity index is 1.40. The van der Waals surface area contributed by atoms with Crippen LogP contribution in [0.5, 0.6) is 23.3 Å². The number of rotatable bonds is 6. The topological polar surface area (TPSA) is 73.3 Å². The number of para-hydroxylation sites is 1. The summed E-state index contributed by atoms with van der Waals surface area (Å²) in [5.74, 6) is 0.846. The normalized spacial score (nSPS) is 10.3. The number of amides is 1. The van der Waals surface area contributed by atoms with Crippen molar-refractivity contribution in [2.45, 2.75) is 0 Å². The molecule has 1 amide bonds. The van der Waals surface area contributed by atoms with E-state index in [2.05, 4.69) is 15.3 Å². The van der Waals surface area contributed by atoms with Gasteiger partial charge in [-0.25, -0.2) is 14.4 Å². The lowest BCUT2D eigenvalue weighted by molar-refractivity contribution is 0.102. The highest BCUT2D eigenvalue weighted by molar-refractivity contribution is 6.04. The van der Waals surface area contributed by atoms with Crippen molar-refractivity contribution in [3.63, 3.8) is 0 Å². The Kier molecular flexibility index (Phi) is 5.61. The van der Waals surface area contributed by atoms with Crippen LogP contribution in [-0.2, 0) is 0 Å². The van der Waals surface area contributed by atoms with Crippen LogP contribution in [0.25, 0.3) is 0 Å². The van der Waals surface area contributed by atoms with Crippen molar-refractivity contribution in [3.05, 3.63) is 103 Å². The second kappa shape index (κ2) is 8.83. The maximum absolute atomic E-state index is 13.0. The van der Waals surface area contributed by atoms with Crippen molar-refractivity contribution in [2.75, 3.05) is 5.32 Å². The molecule has 6 nitrogen and oxygen atoms in total. The van der Waals surface area contributed by atoms with Gasteiger partial charge in [0, 0.05) is 5.56 Å². The lowest BCUT2D eigenvalue weighted by atomic mass is 10.2. The van der Waals surface area contributed by atoms with Gasteiger partial charge in [0.1, 0.15) is 23.1 Å². The van der Waals surface area contributed by atoms with Gasteiger partial charge in [0.25, 0.3) is 5.91 Å². The number of carbonyl (C=O) groups is 1. The monoisotopic (exact) mass is 401 g/mol. The summed E-state index contributed by atoms with van der Waals surface area (Å²) >= 11 is 0. The molecule has 3 aromatic carbocycles. The zero-order valence-electron chi connectivity index (χ0n) is 15.7. The molecule has 0 unspecified atom stereocenters. The molecular formula is C23H16FN3O3. The number of ether oxygens (including phenoxy) is 2. The lowest BCUT2D eigenvalue weighted by Crippen LogP contribution is -2.12. The molecule has 1 N–H and O–H groups in total. The van der Waals surface area contributed by atoms with Crippen LogP contribution in [0.2, 0.25) is 0 Å². The van der Waals surface area contributed by atoms with E-state index >= 15 is 0 Å². The van der Waals surface area contributed by atoms with E-state index in [1.165, 1.54) is 36.7 Å². The van der Waals surface area contributed by atoms with Crippen molar-refractivity contribution < 1.29 is 18.7 Å². The van der Waals surface area contributed by atoms with E-state index in [1.54, 1.807) is 36.4 Å². The first-order valence-corrected chi connectivity index (χ1v) is 9.05. The molecule has 1 heterocycles. The average molecular weight is 401 g/mol. The fraction of sp³-hybridized carbons (Fsp3) is 0. The third kappa shape index (κ3) is 4.96. The molecule has 4 aromatic rings.